The van der Waals surface area contributed by atoms with Crippen LogP contribution in [0.15, 0.2) is 36.9 Å². The molecule has 4 rings (SSSR count). The number of hydrogen-bond donors (Lipinski definition) is 1. The number of rotatable bonds is 7. The van der Waals surface area contributed by atoms with Gasteiger partial charge >= 0.3 is 6.18 Å². The van der Waals surface area contributed by atoms with E-state index in [0.717, 1.165) is 15.6 Å². The standard InChI is InChI=1S/C21H21F3N8O/c1-13-17(14(2)32-20(28-13)29-19(30-32)21(22,23)24)7-8-18(33)26-9-15-3-5-16(6-4-15)10-31-12-25-11-27-31/h3-6,11-12H,7-10H2,1-2H3,(H,26,33). The van der Waals surface area contributed by atoms with Gasteiger partial charge in [0.1, 0.15) is 12.7 Å². The first-order valence-electron chi connectivity index (χ1n) is 10.2. The molecule has 0 fully saturated rings. The minimum atomic E-state index is -4.65. The van der Waals surface area contributed by atoms with Crippen molar-refractivity contribution >= 4 is 11.7 Å². The Hall–Kier alpha value is -3.83. The normalized spacial score (nSPS) is 11.8. The number of nitrogens with one attached hydrogen (secondary N) is 1. The van der Waals surface area contributed by atoms with Crippen LogP contribution in [0.25, 0.3) is 5.78 Å². The Kier molecular flexibility index (Phi) is 6.07. The number of amides is 1. The van der Waals surface area contributed by atoms with Crippen molar-refractivity contribution in [3.05, 3.63) is 70.8 Å². The molecule has 172 valence electrons. The first-order chi connectivity index (χ1) is 15.7. The summed E-state index contributed by atoms with van der Waals surface area (Å²) in [5.74, 6) is -1.52. The summed E-state index contributed by atoms with van der Waals surface area (Å²) in [5.41, 5.74) is 3.69. The number of nitrogens with zero attached hydrogens (tertiary/aromatic N) is 7. The van der Waals surface area contributed by atoms with Crippen LogP contribution in [0.5, 0.6) is 0 Å². The quantitative estimate of drug-likeness (QED) is 0.457. The van der Waals surface area contributed by atoms with Gasteiger partial charge in [0, 0.05) is 24.4 Å². The van der Waals surface area contributed by atoms with E-state index in [-0.39, 0.29) is 18.1 Å². The molecule has 0 saturated carbocycles. The molecular weight excluding hydrogens is 437 g/mol. The molecule has 0 aliphatic carbocycles. The number of aryl methyl sites for hydroxylation is 2. The van der Waals surface area contributed by atoms with Crippen LogP contribution in [0.3, 0.4) is 0 Å². The zero-order valence-electron chi connectivity index (χ0n) is 18.0. The van der Waals surface area contributed by atoms with Crippen molar-refractivity contribution in [3.63, 3.8) is 0 Å². The fraction of sp³-hybridized carbons (Fsp3) is 0.333. The molecule has 0 unspecified atom stereocenters. The number of halogens is 3. The molecule has 0 radical (unpaired) electrons. The second-order valence-corrected chi connectivity index (χ2v) is 7.59. The van der Waals surface area contributed by atoms with Crippen LogP contribution in [0.1, 0.15) is 40.3 Å². The molecular formula is C21H21F3N8O. The number of hydrogen-bond acceptors (Lipinski definition) is 6. The van der Waals surface area contributed by atoms with Gasteiger partial charge in [-0.05, 0) is 37.0 Å². The molecule has 0 saturated heterocycles. The van der Waals surface area contributed by atoms with Crippen molar-refractivity contribution in [1.82, 2.24) is 39.7 Å². The first-order valence-corrected chi connectivity index (χ1v) is 10.2. The average molecular weight is 458 g/mol. The molecule has 12 heteroatoms. The Balaban J connectivity index is 1.35. The minimum absolute atomic E-state index is 0.113. The molecule has 4 aromatic rings. The van der Waals surface area contributed by atoms with Crippen LogP contribution in [0, 0.1) is 13.8 Å². The van der Waals surface area contributed by atoms with Gasteiger partial charge < -0.3 is 5.32 Å². The summed E-state index contributed by atoms with van der Waals surface area (Å²) < 4.78 is 41.5. The largest absolute Gasteiger partial charge is 0.453 e. The maximum atomic E-state index is 12.9. The summed E-state index contributed by atoms with van der Waals surface area (Å²) in [4.78, 5) is 23.8. The molecule has 1 N–H and O–H groups in total. The summed E-state index contributed by atoms with van der Waals surface area (Å²) in [6.45, 7) is 4.31. The molecule has 3 aromatic heterocycles. The summed E-state index contributed by atoms with van der Waals surface area (Å²) in [7, 11) is 0. The summed E-state index contributed by atoms with van der Waals surface area (Å²) in [6.07, 6.45) is -1.04. The molecule has 1 aromatic carbocycles. The smallest absolute Gasteiger partial charge is 0.352 e. The van der Waals surface area contributed by atoms with Gasteiger partial charge in [0.25, 0.3) is 11.6 Å². The zero-order chi connectivity index (χ0) is 23.6. The maximum absolute atomic E-state index is 12.9. The highest BCUT2D eigenvalue weighted by atomic mass is 19.4. The highest BCUT2D eigenvalue weighted by Gasteiger charge is 2.36. The third-order valence-electron chi connectivity index (χ3n) is 5.23. The molecule has 1 amide bonds. The Bertz CT molecular complexity index is 1260. The van der Waals surface area contributed by atoms with Crippen molar-refractivity contribution in [2.75, 3.05) is 0 Å². The van der Waals surface area contributed by atoms with Crippen molar-refractivity contribution in [3.8, 4) is 0 Å². The van der Waals surface area contributed by atoms with Crippen LogP contribution < -0.4 is 5.32 Å². The average Bonchev–Trinajstić information content (AvgIpc) is 3.43. The van der Waals surface area contributed by atoms with E-state index in [1.807, 2.05) is 24.3 Å². The lowest BCUT2D eigenvalue weighted by molar-refractivity contribution is -0.144. The third-order valence-corrected chi connectivity index (χ3v) is 5.23. The van der Waals surface area contributed by atoms with Crippen LogP contribution in [-0.2, 0) is 30.5 Å². The van der Waals surface area contributed by atoms with Gasteiger partial charge in [-0.25, -0.2) is 19.2 Å². The van der Waals surface area contributed by atoms with Gasteiger partial charge in [0.15, 0.2) is 0 Å². The predicted octanol–water partition coefficient (Wildman–Crippen LogP) is 2.65. The van der Waals surface area contributed by atoms with Crippen LogP contribution in [0.4, 0.5) is 13.2 Å². The van der Waals surface area contributed by atoms with Crippen LogP contribution in [-0.4, -0.2) is 40.3 Å². The summed E-state index contributed by atoms with van der Waals surface area (Å²) >= 11 is 0. The summed E-state index contributed by atoms with van der Waals surface area (Å²) in [6, 6.07) is 7.79. The van der Waals surface area contributed by atoms with Crippen molar-refractivity contribution in [2.45, 2.75) is 46.0 Å². The second-order valence-electron chi connectivity index (χ2n) is 7.59. The monoisotopic (exact) mass is 458 g/mol. The number of aromatic nitrogens is 7. The van der Waals surface area contributed by atoms with Gasteiger partial charge in [-0.15, -0.1) is 5.10 Å². The molecule has 0 aliphatic heterocycles. The molecule has 0 bridgehead atoms. The Labute approximate surface area is 186 Å². The molecule has 0 aliphatic rings. The van der Waals surface area contributed by atoms with Crippen molar-refractivity contribution in [2.24, 2.45) is 0 Å². The zero-order valence-corrected chi connectivity index (χ0v) is 18.0. The third kappa shape index (κ3) is 5.16. The fourth-order valence-electron chi connectivity index (χ4n) is 3.48. The van der Waals surface area contributed by atoms with Crippen molar-refractivity contribution in [1.29, 1.82) is 0 Å². The second kappa shape index (κ2) is 8.96. The lowest BCUT2D eigenvalue weighted by Crippen LogP contribution is -2.23. The van der Waals surface area contributed by atoms with Gasteiger partial charge in [-0.1, -0.05) is 24.3 Å². The van der Waals surface area contributed by atoms with E-state index < -0.39 is 12.0 Å². The predicted molar refractivity (Wildman–Crippen MR) is 111 cm³/mol. The molecule has 9 nitrogen and oxygen atoms in total. The molecule has 3 heterocycles. The fourth-order valence-corrected chi connectivity index (χ4v) is 3.48. The lowest BCUT2D eigenvalue weighted by atomic mass is 10.1. The Morgan fingerprint density at radius 1 is 1.09 bits per heavy atom. The van der Waals surface area contributed by atoms with Crippen LogP contribution >= 0.6 is 0 Å². The van der Waals surface area contributed by atoms with E-state index in [1.165, 1.54) is 6.33 Å². The van der Waals surface area contributed by atoms with Gasteiger partial charge in [0.05, 0.1) is 6.54 Å². The topological polar surface area (TPSA) is 103 Å². The highest BCUT2D eigenvalue weighted by molar-refractivity contribution is 5.76. The SMILES string of the molecule is Cc1nc2nc(C(F)(F)F)nn2c(C)c1CCC(=O)NCc1ccc(Cn2cncn2)cc1. The van der Waals surface area contributed by atoms with Crippen LogP contribution in [0.2, 0.25) is 0 Å². The number of benzene rings is 1. The Morgan fingerprint density at radius 2 is 1.82 bits per heavy atom. The number of carbonyl (C=O) groups excluding carboxylic acids is 1. The summed E-state index contributed by atoms with van der Waals surface area (Å²) in [5, 5.41) is 10.5. The number of fused-ring (bicyclic) bond motifs is 1. The molecule has 33 heavy (non-hydrogen) atoms. The Morgan fingerprint density at radius 3 is 2.48 bits per heavy atom. The number of alkyl halides is 3. The lowest BCUT2D eigenvalue weighted by Gasteiger charge is -2.11. The van der Waals surface area contributed by atoms with Crippen molar-refractivity contribution < 1.29 is 18.0 Å². The van der Waals surface area contributed by atoms with E-state index >= 15 is 0 Å². The first kappa shape index (κ1) is 22.4. The maximum Gasteiger partial charge on any atom is 0.453 e. The van der Waals surface area contributed by atoms with E-state index in [9.17, 15) is 18.0 Å². The molecule has 0 atom stereocenters. The minimum Gasteiger partial charge on any atom is -0.352 e. The van der Waals surface area contributed by atoms with E-state index in [1.54, 1.807) is 24.9 Å². The van der Waals surface area contributed by atoms with Gasteiger partial charge in [-0.3, -0.25) is 4.79 Å². The van der Waals surface area contributed by atoms with E-state index in [2.05, 4.69) is 30.5 Å². The number of carbonyl (C=O) groups is 1. The van der Waals surface area contributed by atoms with E-state index in [0.29, 0.717) is 36.5 Å². The highest BCUT2D eigenvalue weighted by Crippen LogP contribution is 2.27. The molecule has 0 spiro atoms. The van der Waals surface area contributed by atoms with Gasteiger partial charge in [-0.2, -0.15) is 23.3 Å². The van der Waals surface area contributed by atoms with E-state index in [4.69, 9.17) is 0 Å². The van der Waals surface area contributed by atoms with Gasteiger partial charge in [0.2, 0.25) is 5.91 Å².